The predicted molar refractivity (Wildman–Crippen MR) is 111 cm³/mol. The van der Waals surface area contributed by atoms with Gasteiger partial charge in [-0.15, -0.1) is 0 Å². The summed E-state index contributed by atoms with van der Waals surface area (Å²) >= 11 is 12.1. The molecule has 1 saturated heterocycles. The van der Waals surface area contributed by atoms with Gasteiger partial charge in [0.15, 0.2) is 0 Å². The number of hydrogen-bond donors (Lipinski definition) is 1. The maximum atomic E-state index is 12.9. The van der Waals surface area contributed by atoms with Crippen LogP contribution in [0.25, 0.3) is 0 Å². The van der Waals surface area contributed by atoms with Crippen LogP contribution in [0.2, 0.25) is 10.0 Å². The van der Waals surface area contributed by atoms with Crippen molar-refractivity contribution in [3.05, 3.63) is 64.1 Å². The first-order valence-corrected chi connectivity index (χ1v) is 11.3. The number of hydrogen-bond acceptors (Lipinski definition) is 3. The molecule has 0 radical (unpaired) electrons. The molecule has 0 saturated carbocycles. The number of carbonyl (C=O) groups excluding carboxylic acids is 1. The van der Waals surface area contributed by atoms with Crippen molar-refractivity contribution in [3.63, 3.8) is 0 Å². The van der Waals surface area contributed by atoms with Gasteiger partial charge in [-0.1, -0.05) is 59.6 Å². The van der Waals surface area contributed by atoms with Crippen molar-refractivity contribution in [3.8, 4) is 0 Å². The van der Waals surface area contributed by atoms with E-state index in [1.807, 2.05) is 30.3 Å². The van der Waals surface area contributed by atoms with Crippen LogP contribution in [0.4, 0.5) is 0 Å². The minimum atomic E-state index is -3.79. The molecule has 28 heavy (non-hydrogen) atoms. The van der Waals surface area contributed by atoms with Gasteiger partial charge in [0.2, 0.25) is 15.9 Å². The fraction of sp³-hybridized carbons (Fsp3) is 0.350. The summed E-state index contributed by atoms with van der Waals surface area (Å²) in [6, 6.07) is 14.6. The Morgan fingerprint density at radius 2 is 1.61 bits per heavy atom. The average Bonchev–Trinajstić information content (AvgIpc) is 2.68. The molecule has 1 aliphatic rings. The Labute approximate surface area is 175 Å². The summed E-state index contributed by atoms with van der Waals surface area (Å²) in [7, 11) is -3.79. The van der Waals surface area contributed by atoms with Gasteiger partial charge in [0, 0.05) is 25.6 Å². The molecule has 0 aliphatic carbocycles. The standard InChI is InChI=1S/C20H22Cl2N2O3S/c21-17-7-4-8-18(22)19(17)28(26,27)24-13-10-16(11-14-24)20(25)23-12-9-15-5-2-1-3-6-15/h1-8,16H,9-14H2,(H,23,25). The highest BCUT2D eigenvalue weighted by Gasteiger charge is 2.34. The van der Waals surface area contributed by atoms with Gasteiger partial charge in [-0.2, -0.15) is 4.31 Å². The smallest absolute Gasteiger partial charge is 0.246 e. The van der Waals surface area contributed by atoms with E-state index >= 15 is 0 Å². The first-order chi connectivity index (χ1) is 13.4. The van der Waals surface area contributed by atoms with Crippen LogP contribution in [0.15, 0.2) is 53.4 Å². The van der Waals surface area contributed by atoms with E-state index in [9.17, 15) is 13.2 Å². The van der Waals surface area contributed by atoms with E-state index in [4.69, 9.17) is 23.2 Å². The first kappa shape index (κ1) is 21.1. The van der Waals surface area contributed by atoms with Gasteiger partial charge < -0.3 is 5.32 Å². The highest BCUT2D eigenvalue weighted by Crippen LogP contribution is 2.33. The van der Waals surface area contributed by atoms with E-state index in [0.717, 1.165) is 6.42 Å². The number of nitrogens with zero attached hydrogens (tertiary/aromatic N) is 1. The minimum Gasteiger partial charge on any atom is -0.356 e. The Balaban J connectivity index is 1.54. The van der Waals surface area contributed by atoms with Gasteiger partial charge in [0.25, 0.3) is 0 Å². The molecule has 1 heterocycles. The number of nitrogens with one attached hydrogen (secondary N) is 1. The van der Waals surface area contributed by atoms with Gasteiger partial charge in [-0.25, -0.2) is 8.42 Å². The fourth-order valence-corrected chi connectivity index (χ4v) is 5.90. The lowest BCUT2D eigenvalue weighted by Crippen LogP contribution is -2.43. The number of amides is 1. The topological polar surface area (TPSA) is 66.5 Å². The molecule has 150 valence electrons. The molecule has 1 aliphatic heterocycles. The van der Waals surface area contributed by atoms with E-state index in [1.165, 1.54) is 22.0 Å². The Bertz CT molecular complexity index is 907. The number of rotatable bonds is 6. The Morgan fingerprint density at radius 3 is 2.21 bits per heavy atom. The van der Waals surface area contributed by atoms with E-state index in [2.05, 4.69) is 5.32 Å². The molecule has 0 aromatic heterocycles. The van der Waals surface area contributed by atoms with Crippen LogP contribution < -0.4 is 5.32 Å². The molecule has 2 aromatic rings. The van der Waals surface area contributed by atoms with E-state index in [1.54, 1.807) is 6.07 Å². The van der Waals surface area contributed by atoms with Crippen LogP contribution >= 0.6 is 23.2 Å². The molecule has 2 aromatic carbocycles. The Morgan fingerprint density at radius 1 is 1.00 bits per heavy atom. The largest absolute Gasteiger partial charge is 0.356 e. The summed E-state index contributed by atoms with van der Waals surface area (Å²) in [4.78, 5) is 12.3. The summed E-state index contributed by atoms with van der Waals surface area (Å²) in [5.74, 6) is -0.215. The normalized spacial score (nSPS) is 16.1. The lowest BCUT2D eigenvalue weighted by Gasteiger charge is -2.31. The lowest BCUT2D eigenvalue weighted by molar-refractivity contribution is -0.126. The third-order valence-corrected chi connectivity index (χ3v) is 7.75. The highest BCUT2D eigenvalue weighted by molar-refractivity contribution is 7.89. The van der Waals surface area contributed by atoms with Gasteiger partial charge >= 0.3 is 0 Å². The Kier molecular flexibility index (Phi) is 6.99. The maximum Gasteiger partial charge on any atom is 0.246 e. The zero-order valence-corrected chi connectivity index (χ0v) is 17.6. The van der Waals surface area contributed by atoms with Crippen molar-refractivity contribution in [2.75, 3.05) is 19.6 Å². The minimum absolute atomic E-state index is 0.0243. The molecule has 1 amide bonds. The van der Waals surface area contributed by atoms with Crippen LogP contribution in [0.5, 0.6) is 0 Å². The van der Waals surface area contributed by atoms with Crippen molar-refractivity contribution in [1.29, 1.82) is 0 Å². The number of carbonyl (C=O) groups is 1. The third-order valence-electron chi connectivity index (χ3n) is 4.90. The molecule has 8 heteroatoms. The summed E-state index contributed by atoms with van der Waals surface area (Å²) < 4.78 is 27.1. The van der Waals surface area contributed by atoms with Crippen molar-refractivity contribution in [2.24, 2.45) is 5.92 Å². The number of halogens is 2. The number of piperidine rings is 1. The van der Waals surface area contributed by atoms with Gasteiger partial charge in [-0.05, 0) is 37.0 Å². The molecule has 1 fully saturated rings. The molecule has 3 rings (SSSR count). The molecule has 5 nitrogen and oxygen atoms in total. The highest BCUT2D eigenvalue weighted by atomic mass is 35.5. The molecule has 0 spiro atoms. The number of benzene rings is 2. The Hall–Kier alpha value is -1.60. The van der Waals surface area contributed by atoms with Gasteiger partial charge in [0.05, 0.1) is 10.0 Å². The van der Waals surface area contributed by atoms with Crippen LogP contribution in [0, 0.1) is 5.92 Å². The lowest BCUT2D eigenvalue weighted by atomic mass is 9.97. The van der Waals surface area contributed by atoms with Crippen LogP contribution in [-0.2, 0) is 21.2 Å². The third kappa shape index (κ3) is 4.87. The quantitative estimate of drug-likeness (QED) is 0.743. The summed E-state index contributed by atoms with van der Waals surface area (Å²) in [6.07, 6.45) is 1.71. The van der Waals surface area contributed by atoms with E-state index < -0.39 is 10.0 Å². The van der Waals surface area contributed by atoms with Crippen molar-refractivity contribution in [2.45, 2.75) is 24.2 Å². The first-order valence-electron chi connectivity index (χ1n) is 9.15. The molecule has 0 unspecified atom stereocenters. The van der Waals surface area contributed by atoms with Crippen LogP contribution in [-0.4, -0.2) is 38.3 Å². The van der Waals surface area contributed by atoms with Crippen molar-refractivity contribution >= 4 is 39.1 Å². The number of sulfonamides is 1. The zero-order valence-electron chi connectivity index (χ0n) is 15.3. The van der Waals surface area contributed by atoms with Gasteiger partial charge in [-0.3, -0.25) is 4.79 Å². The second kappa shape index (κ2) is 9.27. The molecule has 0 bridgehead atoms. The van der Waals surface area contributed by atoms with Crippen LogP contribution in [0.3, 0.4) is 0 Å². The molecular formula is C20H22Cl2N2O3S. The van der Waals surface area contributed by atoms with E-state index in [-0.39, 0.29) is 39.9 Å². The molecule has 1 N–H and O–H groups in total. The predicted octanol–water partition coefficient (Wildman–Crippen LogP) is 3.75. The monoisotopic (exact) mass is 440 g/mol. The van der Waals surface area contributed by atoms with Crippen LogP contribution in [0.1, 0.15) is 18.4 Å². The SMILES string of the molecule is O=C(NCCc1ccccc1)C1CCN(S(=O)(=O)c2c(Cl)cccc2Cl)CC1. The summed E-state index contributed by atoms with van der Waals surface area (Å²) in [5, 5.41) is 3.16. The maximum absolute atomic E-state index is 12.9. The zero-order chi connectivity index (χ0) is 20.1. The average molecular weight is 441 g/mol. The van der Waals surface area contributed by atoms with E-state index in [0.29, 0.717) is 19.4 Å². The van der Waals surface area contributed by atoms with Crippen molar-refractivity contribution in [1.82, 2.24) is 9.62 Å². The molecular weight excluding hydrogens is 419 g/mol. The summed E-state index contributed by atoms with van der Waals surface area (Å²) in [6.45, 7) is 1.10. The fourth-order valence-electron chi connectivity index (χ4n) is 3.34. The van der Waals surface area contributed by atoms with Crippen molar-refractivity contribution < 1.29 is 13.2 Å². The molecule has 0 atom stereocenters. The second-order valence-corrected chi connectivity index (χ2v) is 9.44. The summed E-state index contributed by atoms with van der Waals surface area (Å²) in [5.41, 5.74) is 1.17. The second-order valence-electron chi connectivity index (χ2n) is 6.76. The van der Waals surface area contributed by atoms with Gasteiger partial charge in [0.1, 0.15) is 4.90 Å².